The highest BCUT2D eigenvalue weighted by Crippen LogP contribution is 2.24. The molecule has 0 radical (unpaired) electrons. The van der Waals surface area contributed by atoms with Crippen LogP contribution in [0.25, 0.3) is 0 Å². The average molecular weight is 306 g/mol. The van der Waals surface area contributed by atoms with Gasteiger partial charge in [0.05, 0.1) is 34.7 Å². The highest BCUT2D eigenvalue weighted by Gasteiger charge is 2.13. The third kappa shape index (κ3) is 3.79. The van der Waals surface area contributed by atoms with Crippen molar-refractivity contribution in [2.75, 3.05) is 12.8 Å². The molecular formula is C14H14N2O4S. The van der Waals surface area contributed by atoms with E-state index in [1.54, 1.807) is 30.3 Å². The Morgan fingerprint density at radius 3 is 2.67 bits per heavy atom. The van der Waals surface area contributed by atoms with Gasteiger partial charge in [-0.2, -0.15) is 0 Å². The SMILES string of the molecule is COc1cc(CS(=O)c2cccc(N)c2)cc([N+](=O)[O-])c1. The number of nitrogen functional groups attached to an aromatic ring is 1. The maximum atomic E-state index is 12.3. The molecule has 1 atom stereocenters. The van der Waals surface area contributed by atoms with Crippen molar-refractivity contribution in [2.24, 2.45) is 0 Å². The van der Waals surface area contributed by atoms with Crippen molar-refractivity contribution >= 4 is 22.2 Å². The zero-order valence-electron chi connectivity index (χ0n) is 11.3. The number of non-ortho nitro benzene ring substituents is 1. The van der Waals surface area contributed by atoms with Gasteiger partial charge in [-0.25, -0.2) is 0 Å². The number of ether oxygens (including phenoxy) is 1. The number of hydrogen-bond acceptors (Lipinski definition) is 5. The fourth-order valence-corrected chi connectivity index (χ4v) is 2.97. The number of nitro groups is 1. The topological polar surface area (TPSA) is 95.5 Å². The van der Waals surface area contributed by atoms with Crippen LogP contribution >= 0.6 is 0 Å². The van der Waals surface area contributed by atoms with E-state index in [-0.39, 0.29) is 11.4 Å². The van der Waals surface area contributed by atoms with Gasteiger partial charge in [-0.3, -0.25) is 14.3 Å². The lowest BCUT2D eigenvalue weighted by Crippen LogP contribution is -1.99. The Kier molecular flexibility index (Phi) is 4.54. The lowest BCUT2D eigenvalue weighted by Gasteiger charge is -2.06. The number of nitrogens with zero attached hydrogens (tertiary/aromatic N) is 1. The summed E-state index contributed by atoms with van der Waals surface area (Å²) in [6.45, 7) is 0. The molecule has 6 nitrogen and oxygen atoms in total. The van der Waals surface area contributed by atoms with Gasteiger partial charge in [0.1, 0.15) is 5.75 Å². The van der Waals surface area contributed by atoms with E-state index in [0.717, 1.165) is 0 Å². The highest BCUT2D eigenvalue weighted by atomic mass is 32.2. The fourth-order valence-electron chi connectivity index (χ4n) is 1.84. The normalized spacial score (nSPS) is 11.9. The first-order valence-corrected chi connectivity index (χ1v) is 7.38. The number of hydrogen-bond donors (Lipinski definition) is 1. The molecule has 0 aliphatic rings. The minimum Gasteiger partial charge on any atom is -0.496 e. The zero-order valence-corrected chi connectivity index (χ0v) is 12.1. The summed E-state index contributed by atoms with van der Waals surface area (Å²) in [7, 11) is 0.0937. The van der Waals surface area contributed by atoms with Gasteiger partial charge < -0.3 is 10.5 Å². The van der Waals surface area contributed by atoms with E-state index in [0.29, 0.717) is 21.9 Å². The molecule has 110 valence electrons. The standard InChI is InChI=1S/C14H14N2O4S/c1-20-13-6-10(5-12(8-13)16(17)18)9-21(19)14-4-2-3-11(15)7-14/h2-8H,9,15H2,1H3. The van der Waals surface area contributed by atoms with Gasteiger partial charge in [-0.1, -0.05) is 6.07 Å². The predicted octanol–water partition coefficient (Wildman–Crippen LogP) is 2.49. The average Bonchev–Trinajstić information content (AvgIpc) is 2.46. The van der Waals surface area contributed by atoms with Gasteiger partial charge in [-0.05, 0) is 29.8 Å². The summed E-state index contributed by atoms with van der Waals surface area (Å²) >= 11 is 0. The molecule has 0 fully saturated rings. The highest BCUT2D eigenvalue weighted by molar-refractivity contribution is 7.84. The number of anilines is 1. The Bertz CT molecular complexity index is 703. The smallest absolute Gasteiger partial charge is 0.273 e. The maximum Gasteiger partial charge on any atom is 0.273 e. The van der Waals surface area contributed by atoms with Gasteiger partial charge in [0.25, 0.3) is 5.69 Å². The van der Waals surface area contributed by atoms with Crippen LogP contribution in [0.1, 0.15) is 5.56 Å². The van der Waals surface area contributed by atoms with Crippen LogP contribution < -0.4 is 10.5 Å². The van der Waals surface area contributed by atoms with Gasteiger partial charge in [0.2, 0.25) is 0 Å². The third-order valence-corrected chi connectivity index (χ3v) is 4.19. The summed E-state index contributed by atoms with van der Waals surface area (Å²) in [6.07, 6.45) is 0. The Hall–Kier alpha value is -2.41. The van der Waals surface area contributed by atoms with Crippen LogP contribution in [0.2, 0.25) is 0 Å². The second-order valence-electron chi connectivity index (χ2n) is 4.36. The van der Waals surface area contributed by atoms with Crippen molar-refractivity contribution in [3.8, 4) is 5.75 Å². The number of rotatable bonds is 5. The van der Waals surface area contributed by atoms with Crippen LogP contribution in [-0.4, -0.2) is 16.2 Å². The fraction of sp³-hybridized carbons (Fsp3) is 0.143. The molecule has 7 heteroatoms. The third-order valence-electron chi connectivity index (χ3n) is 2.82. The molecule has 0 aliphatic carbocycles. The first-order valence-electron chi connectivity index (χ1n) is 6.06. The Morgan fingerprint density at radius 1 is 1.29 bits per heavy atom. The van der Waals surface area contributed by atoms with Crippen molar-refractivity contribution in [3.05, 3.63) is 58.1 Å². The van der Waals surface area contributed by atoms with E-state index in [9.17, 15) is 14.3 Å². The molecule has 0 heterocycles. The molecule has 1 unspecified atom stereocenters. The Labute approximate surface area is 124 Å². The molecule has 2 aromatic rings. The summed E-state index contributed by atoms with van der Waals surface area (Å²) in [6, 6.07) is 11.1. The molecule has 0 aliphatic heterocycles. The molecule has 2 N–H and O–H groups in total. The lowest BCUT2D eigenvalue weighted by molar-refractivity contribution is -0.385. The molecule has 0 spiro atoms. The number of benzene rings is 2. The van der Waals surface area contributed by atoms with E-state index < -0.39 is 15.7 Å². The summed E-state index contributed by atoms with van der Waals surface area (Å²) < 4.78 is 17.3. The monoisotopic (exact) mass is 306 g/mol. The lowest BCUT2D eigenvalue weighted by atomic mass is 10.2. The van der Waals surface area contributed by atoms with Gasteiger partial charge >= 0.3 is 0 Å². The van der Waals surface area contributed by atoms with E-state index in [1.165, 1.54) is 19.2 Å². The van der Waals surface area contributed by atoms with Crippen LogP contribution in [-0.2, 0) is 16.6 Å². The van der Waals surface area contributed by atoms with Crippen molar-refractivity contribution in [3.63, 3.8) is 0 Å². The van der Waals surface area contributed by atoms with Crippen LogP contribution in [0.15, 0.2) is 47.4 Å². The molecule has 0 bridgehead atoms. The minimum atomic E-state index is -1.33. The largest absolute Gasteiger partial charge is 0.496 e. The van der Waals surface area contributed by atoms with Crippen molar-refractivity contribution in [1.29, 1.82) is 0 Å². The van der Waals surface area contributed by atoms with Gasteiger partial charge in [0.15, 0.2) is 0 Å². The zero-order chi connectivity index (χ0) is 15.4. The number of nitrogens with two attached hydrogens (primary N) is 1. The molecule has 0 amide bonds. The molecule has 2 aromatic carbocycles. The minimum absolute atomic E-state index is 0.0890. The maximum absolute atomic E-state index is 12.3. The van der Waals surface area contributed by atoms with Crippen LogP contribution in [0.5, 0.6) is 5.75 Å². The second kappa shape index (κ2) is 6.36. The summed E-state index contributed by atoms with van der Waals surface area (Å²) in [5.41, 5.74) is 6.66. The molecule has 2 rings (SSSR count). The Balaban J connectivity index is 2.28. The molecule has 0 aromatic heterocycles. The first kappa shape index (κ1) is 15.0. The quantitative estimate of drug-likeness (QED) is 0.520. The molecule has 21 heavy (non-hydrogen) atoms. The second-order valence-corrected chi connectivity index (χ2v) is 5.81. The predicted molar refractivity (Wildman–Crippen MR) is 80.6 cm³/mol. The van der Waals surface area contributed by atoms with E-state index in [1.807, 2.05) is 0 Å². The van der Waals surface area contributed by atoms with Crippen molar-refractivity contribution < 1.29 is 13.9 Å². The number of methoxy groups -OCH3 is 1. The van der Waals surface area contributed by atoms with Gasteiger partial charge in [0, 0.05) is 16.6 Å². The first-order chi connectivity index (χ1) is 9.99. The van der Waals surface area contributed by atoms with Crippen LogP contribution in [0.3, 0.4) is 0 Å². The molecular weight excluding hydrogens is 292 g/mol. The van der Waals surface area contributed by atoms with E-state index in [4.69, 9.17) is 10.5 Å². The molecule has 0 saturated carbocycles. The summed E-state index contributed by atoms with van der Waals surface area (Å²) in [4.78, 5) is 11.0. The summed E-state index contributed by atoms with van der Waals surface area (Å²) in [5.74, 6) is 0.519. The summed E-state index contributed by atoms with van der Waals surface area (Å²) in [5, 5.41) is 10.9. The van der Waals surface area contributed by atoms with Crippen molar-refractivity contribution in [1.82, 2.24) is 0 Å². The van der Waals surface area contributed by atoms with Gasteiger partial charge in [-0.15, -0.1) is 0 Å². The number of nitro benzene ring substituents is 1. The van der Waals surface area contributed by atoms with Crippen LogP contribution in [0, 0.1) is 10.1 Å². The van der Waals surface area contributed by atoms with E-state index in [2.05, 4.69) is 0 Å². The molecule has 0 saturated heterocycles. The van der Waals surface area contributed by atoms with Crippen LogP contribution in [0.4, 0.5) is 11.4 Å². The van der Waals surface area contributed by atoms with Crippen molar-refractivity contribution in [2.45, 2.75) is 10.6 Å². The van der Waals surface area contributed by atoms with E-state index >= 15 is 0 Å². The Morgan fingerprint density at radius 2 is 2.05 bits per heavy atom.